The SMILES string of the molecule is CCNC(=NCc1nc(C(C)OCC)no1)NCCN(C)CCCOC.I. The average molecular weight is 498 g/mol. The van der Waals surface area contributed by atoms with Crippen LogP contribution in [-0.2, 0) is 16.0 Å². The van der Waals surface area contributed by atoms with Crippen molar-refractivity contribution in [2.45, 2.75) is 39.8 Å². The minimum Gasteiger partial charge on any atom is -0.385 e. The zero-order valence-electron chi connectivity index (χ0n) is 17.2. The van der Waals surface area contributed by atoms with Gasteiger partial charge >= 0.3 is 0 Å². The van der Waals surface area contributed by atoms with Gasteiger partial charge in [0.2, 0.25) is 5.89 Å². The lowest BCUT2D eigenvalue weighted by Gasteiger charge is -2.17. The number of nitrogens with one attached hydrogen (secondary N) is 2. The standard InChI is InChI=1S/C17H34N6O3.HI/c1-6-18-17(19-9-11-23(4)10-8-12-24-5)20-13-15-21-16(22-26-15)14(3)25-7-2;/h14H,6-13H2,1-5H3,(H2,18,19,20);1H. The highest BCUT2D eigenvalue weighted by molar-refractivity contribution is 14.0. The van der Waals surface area contributed by atoms with Crippen LogP contribution in [0.5, 0.6) is 0 Å². The third-order valence-corrected chi connectivity index (χ3v) is 3.65. The molecule has 27 heavy (non-hydrogen) atoms. The summed E-state index contributed by atoms with van der Waals surface area (Å²) >= 11 is 0. The van der Waals surface area contributed by atoms with Gasteiger partial charge in [-0.25, -0.2) is 4.99 Å². The molecule has 0 fully saturated rings. The molecule has 1 aromatic rings. The molecule has 0 bridgehead atoms. The second-order valence-corrected chi connectivity index (χ2v) is 5.92. The van der Waals surface area contributed by atoms with E-state index >= 15 is 0 Å². The Balaban J connectivity index is 0.00000676. The van der Waals surface area contributed by atoms with Gasteiger partial charge in [-0.05, 0) is 34.2 Å². The van der Waals surface area contributed by atoms with Gasteiger partial charge in [-0.15, -0.1) is 24.0 Å². The van der Waals surface area contributed by atoms with Crippen molar-refractivity contribution in [3.05, 3.63) is 11.7 Å². The van der Waals surface area contributed by atoms with Crippen LogP contribution in [0.2, 0.25) is 0 Å². The van der Waals surface area contributed by atoms with Gasteiger partial charge in [0, 0.05) is 46.5 Å². The van der Waals surface area contributed by atoms with E-state index in [0.717, 1.165) is 45.2 Å². The van der Waals surface area contributed by atoms with Crippen molar-refractivity contribution >= 4 is 29.9 Å². The summed E-state index contributed by atoms with van der Waals surface area (Å²) in [7, 11) is 3.82. The summed E-state index contributed by atoms with van der Waals surface area (Å²) in [5.41, 5.74) is 0. The maximum atomic E-state index is 5.46. The van der Waals surface area contributed by atoms with E-state index in [1.54, 1.807) is 7.11 Å². The molecule has 10 heteroatoms. The Labute approximate surface area is 179 Å². The molecule has 1 heterocycles. The Morgan fingerprint density at radius 3 is 2.74 bits per heavy atom. The van der Waals surface area contributed by atoms with Crippen molar-refractivity contribution < 1.29 is 14.0 Å². The predicted molar refractivity (Wildman–Crippen MR) is 117 cm³/mol. The van der Waals surface area contributed by atoms with E-state index in [4.69, 9.17) is 14.0 Å². The average Bonchev–Trinajstić information content (AvgIpc) is 3.09. The molecule has 9 nitrogen and oxygen atoms in total. The highest BCUT2D eigenvalue weighted by Crippen LogP contribution is 2.12. The zero-order valence-corrected chi connectivity index (χ0v) is 19.5. The van der Waals surface area contributed by atoms with Crippen LogP contribution in [0, 0.1) is 0 Å². The van der Waals surface area contributed by atoms with E-state index < -0.39 is 0 Å². The lowest BCUT2D eigenvalue weighted by molar-refractivity contribution is 0.0683. The molecule has 158 valence electrons. The van der Waals surface area contributed by atoms with Gasteiger partial charge in [0.15, 0.2) is 11.8 Å². The first-order chi connectivity index (χ1) is 12.6. The highest BCUT2D eigenvalue weighted by atomic mass is 127. The first kappa shape index (κ1) is 26.0. The summed E-state index contributed by atoms with van der Waals surface area (Å²) in [4.78, 5) is 11.1. The highest BCUT2D eigenvalue weighted by Gasteiger charge is 2.13. The molecule has 1 aromatic heterocycles. The van der Waals surface area contributed by atoms with Crippen LogP contribution in [0.25, 0.3) is 0 Å². The molecule has 0 spiro atoms. The third-order valence-electron chi connectivity index (χ3n) is 3.65. The van der Waals surface area contributed by atoms with Crippen molar-refractivity contribution in [2.75, 3.05) is 53.6 Å². The number of methoxy groups -OCH3 is 1. The van der Waals surface area contributed by atoms with E-state index in [9.17, 15) is 0 Å². The fourth-order valence-electron chi connectivity index (χ4n) is 2.27. The van der Waals surface area contributed by atoms with Crippen LogP contribution in [0.15, 0.2) is 9.52 Å². The molecule has 0 radical (unpaired) electrons. The molecule has 0 aromatic carbocycles. The molecular weight excluding hydrogens is 463 g/mol. The van der Waals surface area contributed by atoms with Crippen molar-refractivity contribution in [1.29, 1.82) is 0 Å². The van der Waals surface area contributed by atoms with Crippen molar-refractivity contribution in [3.63, 3.8) is 0 Å². The number of ether oxygens (including phenoxy) is 2. The Hall–Kier alpha value is -0.980. The largest absolute Gasteiger partial charge is 0.385 e. The first-order valence-electron chi connectivity index (χ1n) is 9.24. The molecule has 0 aliphatic carbocycles. The van der Waals surface area contributed by atoms with Crippen LogP contribution in [0.3, 0.4) is 0 Å². The van der Waals surface area contributed by atoms with Crippen molar-refractivity contribution in [2.24, 2.45) is 4.99 Å². The maximum Gasteiger partial charge on any atom is 0.248 e. The number of rotatable bonds is 13. The van der Waals surface area contributed by atoms with Crippen LogP contribution < -0.4 is 10.6 Å². The molecule has 2 N–H and O–H groups in total. The lowest BCUT2D eigenvalue weighted by Crippen LogP contribution is -2.41. The summed E-state index contributed by atoms with van der Waals surface area (Å²) in [5, 5.41) is 10.5. The summed E-state index contributed by atoms with van der Waals surface area (Å²) in [5.74, 6) is 1.75. The van der Waals surface area contributed by atoms with E-state index in [-0.39, 0.29) is 30.1 Å². The lowest BCUT2D eigenvalue weighted by atomic mass is 10.4. The number of hydrogen-bond donors (Lipinski definition) is 2. The third kappa shape index (κ3) is 11.5. The number of aromatic nitrogens is 2. The van der Waals surface area contributed by atoms with Gasteiger partial charge in [-0.2, -0.15) is 4.98 Å². The number of hydrogen-bond acceptors (Lipinski definition) is 7. The molecule has 0 aliphatic rings. The predicted octanol–water partition coefficient (Wildman–Crippen LogP) is 1.81. The van der Waals surface area contributed by atoms with Gasteiger partial charge < -0.3 is 29.5 Å². The first-order valence-corrected chi connectivity index (χ1v) is 9.24. The summed E-state index contributed by atoms with van der Waals surface area (Å²) in [6.07, 6.45) is 0.849. The summed E-state index contributed by atoms with van der Waals surface area (Å²) in [6, 6.07) is 0. The zero-order chi connectivity index (χ0) is 19.2. The van der Waals surface area contributed by atoms with Gasteiger partial charge in [-0.3, -0.25) is 0 Å². The number of halogens is 1. The molecule has 0 aliphatic heterocycles. The van der Waals surface area contributed by atoms with Crippen LogP contribution in [-0.4, -0.2) is 74.6 Å². The second-order valence-electron chi connectivity index (χ2n) is 5.92. The Morgan fingerprint density at radius 1 is 1.30 bits per heavy atom. The van der Waals surface area contributed by atoms with Gasteiger partial charge in [-0.1, -0.05) is 5.16 Å². The smallest absolute Gasteiger partial charge is 0.248 e. The molecule has 1 atom stereocenters. The quantitative estimate of drug-likeness (QED) is 0.184. The molecule has 1 unspecified atom stereocenters. The summed E-state index contributed by atoms with van der Waals surface area (Å²) < 4.78 is 15.8. The van der Waals surface area contributed by atoms with E-state index in [0.29, 0.717) is 24.9 Å². The van der Waals surface area contributed by atoms with Gasteiger partial charge in [0.25, 0.3) is 0 Å². The van der Waals surface area contributed by atoms with E-state index in [1.165, 1.54) is 0 Å². The Kier molecular flexibility index (Phi) is 15.4. The van der Waals surface area contributed by atoms with Crippen LogP contribution in [0.1, 0.15) is 45.0 Å². The molecular formula is C17H35IN6O3. The number of aliphatic imine (C=N–C) groups is 1. The second kappa shape index (κ2) is 16.0. The minimum atomic E-state index is -0.179. The fourth-order valence-corrected chi connectivity index (χ4v) is 2.27. The molecule has 0 saturated heterocycles. The normalized spacial score (nSPS) is 12.7. The molecule has 0 amide bonds. The van der Waals surface area contributed by atoms with Crippen molar-refractivity contribution in [3.8, 4) is 0 Å². The monoisotopic (exact) mass is 498 g/mol. The summed E-state index contributed by atoms with van der Waals surface area (Å²) in [6.45, 7) is 11.1. The van der Waals surface area contributed by atoms with Gasteiger partial charge in [0.05, 0.1) is 0 Å². The number of guanidine groups is 1. The van der Waals surface area contributed by atoms with Crippen LogP contribution >= 0.6 is 24.0 Å². The Morgan fingerprint density at radius 2 is 2.07 bits per heavy atom. The Bertz CT molecular complexity index is 515. The van der Waals surface area contributed by atoms with E-state index in [1.807, 2.05) is 20.8 Å². The maximum absolute atomic E-state index is 5.46. The molecule has 0 saturated carbocycles. The molecule has 1 rings (SSSR count). The van der Waals surface area contributed by atoms with Crippen LogP contribution in [0.4, 0.5) is 0 Å². The van der Waals surface area contributed by atoms with Crippen molar-refractivity contribution in [1.82, 2.24) is 25.7 Å². The number of nitrogens with zero attached hydrogens (tertiary/aromatic N) is 4. The minimum absolute atomic E-state index is 0. The van der Waals surface area contributed by atoms with E-state index in [2.05, 4.69) is 37.7 Å². The topological polar surface area (TPSA) is 97.0 Å². The number of likely N-dealkylation sites (N-methyl/N-ethyl adjacent to an activating group) is 1. The fraction of sp³-hybridized carbons (Fsp3) is 0.824. The van der Waals surface area contributed by atoms with Gasteiger partial charge in [0.1, 0.15) is 12.6 Å².